The zero-order valence-electron chi connectivity index (χ0n) is 20.8. The Labute approximate surface area is 211 Å². The van der Waals surface area contributed by atoms with Gasteiger partial charge < -0.3 is 19.7 Å². The van der Waals surface area contributed by atoms with Crippen LogP contribution in [-0.2, 0) is 16.8 Å². The van der Waals surface area contributed by atoms with Crippen LogP contribution in [0.15, 0.2) is 42.5 Å². The summed E-state index contributed by atoms with van der Waals surface area (Å²) in [7, 11) is 1.66. The van der Waals surface area contributed by atoms with Crippen molar-refractivity contribution in [1.29, 1.82) is 0 Å². The fourth-order valence-corrected chi connectivity index (χ4v) is 6.63. The number of aromatic amines is 1. The van der Waals surface area contributed by atoms with Crippen LogP contribution in [0.4, 0.5) is 4.39 Å². The molecule has 0 radical (unpaired) electrons. The average molecular weight is 492 g/mol. The van der Waals surface area contributed by atoms with Gasteiger partial charge >= 0.3 is 0 Å². The Morgan fingerprint density at radius 2 is 2.00 bits per heavy atom. The Bertz CT molecular complexity index is 1280. The van der Waals surface area contributed by atoms with Crippen molar-refractivity contribution in [3.8, 4) is 5.75 Å². The number of benzene rings is 2. The molecule has 1 saturated carbocycles. The van der Waals surface area contributed by atoms with E-state index in [1.165, 1.54) is 11.6 Å². The van der Waals surface area contributed by atoms with Crippen LogP contribution in [0.1, 0.15) is 55.0 Å². The van der Waals surface area contributed by atoms with Crippen LogP contribution in [0, 0.1) is 11.7 Å². The molecule has 2 N–H and O–H groups in total. The summed E-state index contributed by atoms with van der Waals surface area (Å²) in [4.78, 5) is 21.0. The summed E-state index contributed by atoms with van der Waals surface area (Å²) >= 11 is 0. The third kappa shape index (κ3) is 3.89. The molecule has 6 rings (SSSR count). The van der Waals surface area contributed by atoms with Gasteiger partial charge in [-0.25, -0.2) is 4.39 Å². The van der Waals surface area contributed by atoms with Gasteiger partial charge in [-0.1, -0.05) is 18.6 Å². The molecule has 3 heterocycles. The minimum absolute atomic E-state index is 0.0331. The number of piperidine rings is 1. The lowest BCUT2D eigenvalue weighted by molar-refractivity contribution is -0.140. The van der Waals surface area contributed by atoms with E-state index in [2.05, 4.69) is 20.9 Å². The molecule has 7 heteroatoms. The smallest absolute Gasteiger partial charge is 0.225 e. The lowest BCUT2D eigenvalue weighted by atomic mass is 9.68. The van der Waals surface area contributed by atoms with Crippen molar-refractivity contribution in [2.24, 2.45) is 5.92 Å². The molecule has 36 heavy (non-hydrogen) atoms. The summed E-state index contributed by atoms with van der Waals surface area (Å²) < 4.78 is 19.5. The molecule has 2 aromatic carbocycles. The molecule has 6 nitrogen and oxygen atoms in total. The first-order valence-corrected chi connectivity index (χ1v) is 13.1. The van der Waals surface area contributed by atoms with Gasteiger partial charge in [0.2, 0.25) is 5.91 Å². The van der Waals surface area contributed by atoms with E-state index in [0.29, 0.717) is 12.5 Å². The highest BCUT2D eigenvalue weighted by Gasteiger charge is 2.48. The van der Waals surface area contributed by atoms with E-state index in [-0.39, 0.29) is 29.8 Å². The molecule has 2 aliphatic heterocycles. The van der Waals surface area contributed by atoms with Crippen molar-refractivity contribution in [2.75, 3.05) is 33.4 Å². The molecular formula is C29H34FN3O3. The van der Waals surface area contributed by atoms with Gasteiger partial charge in [-0.05, 0) is 61.1 Å². The Balaban J connectivity index is 1.39. The molecule has 2 fully saturated rings. The number of amides is 1. The highest BCUT2D eigenvalue weighted by atomic mass is 19.1. The Morgan fingerprint density at radius 1 is 1.19 bits per heavy atom. The van der Waals surface area contributed by atoms with Crippen LogP contribution in [0.3, 0.4) is 0 Å². The maximum Gasteiger partial charge on any atom is 0.225 e. The Morgan fingerprint density at radius 3 is 2.67 bits per heavy atom. The number of aliphatic hydroxyl groups is 1. The van der Waals surface area contributed by atoms with Gasteiger partial charge in [-0.15, -0.1) is 0 Å². The maximum atomic E-state index is 14.0. The van der Waals surface area contributed by atoms with E-state index in [1.54, 1.807) is 19.2 Å². The summed E-state index contributed by atoms with van der Waals surface area (Å²) in [6.07, 6.45) is 4.95. The zero-order valence-corrected chi connectivity index (χ0v) is 20.8. The number of carbonyl (C=O) groups is 1. The Kier molecular flexibility index (Phi) is 6.00. The number of halogens is 1. The predicted octanol–water partition coefficient (Wildman–Crippen LogP) is 4.53. The summed E-state index contributed by atoms with van der Waals surface area (Å²) in [6.45, 7) is 2.76. The summed E-state index contributed by atoms with van der Waals surface area (Å²) in [5.41, 5.74) is 4.03. The number of fused-ring (bicyclic) bond motifs is 4. The first kappa shape index (κ1) is 23.5. The fourth-order valence-electron chi connectivity index (χ4n) is 6.63. The molecule has 1 aromatic heterocycles. The van der Waals surface area contributed by atoms with Crippen LogP contribution in [0.5, 0.6) is 5.75 Å². The van der Waals surface area contributed by atoms with Crippen LogP contribution in [0.25, 0.3) is 10.9 Å². The van der Waals surface area contributed by atoms with E-state index in [4.69, 9.17) is 4.74 Å². The van der Waals surface area contributed by atoms with Crippen LogP contribution in [-0.4, -0.2) is 59.1 Å². The monoisotopic (exact) mass is 491 g/mol. The number of aromatic nitrogens is 1. The maximum absolute atomic E-state index is 14.0. The van der Waals surface area contributed by atoms with Crippen molar-refractivity contribution in [1.82, 2.24) is 14.8 Å². The van der Waals surface area contributed by atoms with Crippen molar-refractivity contribution in [2.45, 2.75) is 50.1 Å². The van der Waals surface area contributed by atoms with Crippen LogP contribution < -0.4 is 4.74 Å². The number of hydrogen-bond donors (Lipinski definition) is 2. The standard InChI is InChI=1S/C29H34FN3O3/c1-36-22-8-9-23-24(15-22)31-27-25(17-34)33(16-19-4-2-7-21(30)14-19)18-29(26(23)27)10-12-32(13-11-29)28(35)20-5-3-6-20/h2,4,7-9,14-15,20,25,31,34H,3,5-6,10-13,16-18H2,1H3/t25-/m1/s1. The van der Waals surface area contributed by atoms with E-state index >= 15 is 0 Å². The molecule has 190 valence electrons. The Hall–Kier alpha value is -2.90. The number of likely N-dealkylation sites (tertiary alicyclic amines) is 1. The second-order valence-electron chi connectivity index (χ2n) is 10.8. The zero-order chi connectivity index (χ0) is 24.9. The number of carbonyl (C=O) groups excluding carboxylic acids is 1. The third-order valence-electron chi connectivity index (χ3n) is 8.78. The largest absolute Gasteiger partial charge is 0.497 e. The summed E-state index contributed by atoms with van der Waals surface area (Å²) in [6, 6.07) is 12.6. The van der Waals surface area contributed by atoms with Crippen molar-refractivity contribution in [3.63, 3.8) is 0 Å². The molecular weight excluding hydrogens is 457 g/mol. The van der Waals surface area contributed by atoms with Gasteiger partial charge in [0.15, 0.2) is 0 Å². The first-order chi connectivity index (χ1) is 17.5. The fraction of sp³-hybridized carbons (Fsp3) is 0.483. The molecule has 1 spiro atoms. The summed E-state index contributed by atoms with van der Waals surface area (Å²) in [5, 5.41) is 11.7. The molecule has 3 aromatic rings. The third-order valence-corrected chi connectivity index (χ3v) is 8.78. The van der Waals surface area contributed by atoms with Crippen molar-refractivity contribution < 1.29 is 19.0 Å². The number of H-pyrrole nitrogens is 1. The number of rotatable bonds is 5. The minimum atomic E-state index is -0.249. The van der Waals surface area contributed by atoms with Gasteiger partial charge in [0, 0.05) is 60.2 Å². The predicted molar refractivity (Wildman–Crippen MR) is 136 cm³/mol. The second-order valence-corrected chi connectivity index (χ2v) is 10.8. The van der Waals surface area contributed by atoms with E-state index in [0.717, 1.165) is 79.6 Å². The topological polar surface area (TPSA) is 68.8 Å². The van der Waals surface area contributed by atoms with Gasteiger partial charge in [0.1, 0.15) is 11.6 Å². The second kappa shape index (κ2) is 9.20. The number of nitrogens with one attached hydrogen (secondary N) is 1. The first-order valence-electron chi connectivity index (χ1n) is 13.1. The van der Waals surface area contributed by atoms with Crippen LogP contribution in [0.2, 0.25) is 0 Å². The molecule has 1 atom stereocenters. The molecule has 1 saturated heterocycles. The summed E-state index contributed by atoms with van der Waals surface area (Å²) in [5.74, 6) is 1.07. The highest BCUT2D eigenvalue weighted by molar-refractivity contribution is 5.88. The number of methoxy groups -OCH3 is 1. The van der Waals surface area contributed by atoms with Crippen molar-refractivity contribution >= 4 is 16.8 Å². The number of nitrogens with zero attached hydrogens (tertiary/aromatic N) is 2. The molecule has 1 aliphatic carbocycles. The van der Waals surface area contributed by atoms with Crippen LogP contribution >= 0.6 is 0 Å². The quantitative estimate of drug-likeness (QED) is 0.551. The number of hydrogen-bond acceptors (Lipinski definition) is 4. The lowest BCUT2D eigenvalue weighted by Gasteiger charge is -2.50. The number of ether oxygens (including phenoxy) is 1. The molecule has 0 unspecified atom stereocenters. The van der Waals surface area contributed by atoms with Gasteiger partial charge in [-0.3, -0.25) is 9.69 Å². The van der Waals surface area contributed by atoms with Crippen molar-refractivity contribution in [3.05, 3.63) is 65.1 Å². The van der Waals surface area contributed by atoms with Gasteiger partial charge in [0.05, 0.1) is 19.8 Å². The minimum Gasteiger partial charge on any atom is -0.497 e. The van der Waals surface area contributed by atoms with E-state index in [1.807, 2.05) is 18.2 Å². The van der Waals surface area contributed by atoms with Gasteiger partial charge in [0.25, 0.3) is 0 Å². The lowest BCUT2D eigenvalue weighted by Crippen LogP contribution is -2.55. The number of aliphatic hydroxyl groups excluding tert-OH is 1. The average Bonchev–Trinajstić information content (AvgIpc) is 3.23. The van der Waals surface area contributed by atoms with E-state index < -0.39 is 0 Å². The molecule has 1 amide bonds. The molecule has 3 aliphatic rings. The van der Waals surface area contributed by atoms with Gasteiger partial charge in [-0.2, -0.15) is 0 Å². The molecule has 0 bridgehead atoms. The van der Waals surface area contributed by atoms with E-state index in [9.17, 15) is 14.3 Å². The SMILES string of the molecule is COc1ccc2c3c([nH]c2c1)[C@@H](CO)N(Cc1cccc(F)c1)CC31CCN(C(=O)C2CCC2)CC1. The highest BCUT2D eigenvalue weighted by Crippen LogP contribution is 2.49. The normalized spacial score (nSPS) is 22.0.